The largest absolute Gasteiger partial charge is 0.416 e. The Morgan fingerprint density at radius 3 is 0.875 bits per heavy atom. The van der Waals surface area contributed by atoms with Crippen molar-refractivity contribution in [3.8, 4) is 45.8 Å². The fourth-order valence-corrected chi connectivity index (χ4v) is 10.7. The van der Waals surface area contributed by atoms with E-state index < -0.39 is 40.6 Å². The third-order valence-electron chi connectivity index (χ3n) is 14.9. The number of benzene rings is 8. The molecule has 0 spiro atoms. The molecule has 0 atom stereocenters. The van der Waals surface area contributed by atoms with Gasteiger partial charge in [0.15, 0.2) is 0 Å². The van der Waals surface area contributed by atoms with Crippen LogP contribution in [0.4, 0.5) is 39.5 Å². The maximum atomic E-state index is 13.8. The number of alkyl halides is 9. The van der Waals surface area contributed by atoms with Crippen molar-refractivity contribution in [2.24, 2.45) is 0 Å². The molecule has 0 saturated carbocycles. The Bertz CT molecular complexity index is 4050. The van der Waals surface area contributed by atoms with Crippen LogP contribution in [0.1, 0.15) is 79.6 Å². The van der Waals surface area contributed by atoms with Crippen molar-refractivity contribution >= 4 is 22.3 Å². The number of hydrogen-bond acceptors (Lipinski definition) is 10. The second-order valence-corrected chi connectivity index (χ2v) is 20.1. The summed E-state index contributed by atoms with van der Waals surface area (Å²) in [6.07, 6.45) is -5.30. The van der Waals surface area contributed by atoms with E-state index in [4.69, 9.17) is 8.83 Å². The second-order valence-electron chi connectivity index (χ2n) is 20.1. The highest BCUT2D eigenvalue weighted by Gasteiger charge is 2.40. The summed E-state index contributed by atoms with van der Waals surface area (Å²) in [5.74, 6) is 0.612. The van der Waals surface area contributed by atoms with Crippen molar-refractivity contribution in [2.45, 2.75) is 43.7 Å². The van der Waals surface area contributed by atoms with Gasteiger partial charge in [0.05, 0.1) is 22.1 Å². The average Bonchev–Trinajstić information content (AvgIpc) is 1.99. The van der Waals surface area contributed by atoms with Crippen LogP contribution in [0.15, 0.2) is 227 Å². The van der Waals surface area contributed by atoms with Crippen molar-refractivity contribution in [2.75, 3.05) is 0 Å². The van der Waals surface area contributed by atoms with Crippen LogP contribution >= 0.6 is 0 Å². The van der Waals surface area contributed by atoms with Gasteiger partial charge in [0, 0.05) is 22.3 Å². The zero-order valence-electron chi connectivity index (χ0n) is 47.0. The average molecular weight is 1210 g/mol. The highest BCUT2D eigenvalue weighted by Crippen LogP contribution is 2.48. The molecule has 2 aromatic heterocycles. The number of halogens is 9. The summed E-state index contributed by atoms with van der Waals surface area (Å²) < 4.78 is 136. The molecule has 0 saturated heterocycles. The van der Waals surface area contributed by atoms with E-state index in [1.165, 1.54) is 24.3 Å². The van der Waals surface area contributed by atoms with Gasteiger partial charge in [-0.1, -0.05) is 145 Å². The Morgan fingerprint density at radius 1 is 0.295 bits per heavy atom. The summed E-state index contributed by atoms with van der Waals surface area (Å²) in [6, 6.07) is 54.1. The SMILES string of the molecule is Cc1cccc(-c2nnc(-c3ccc(C(c4ccc(C5=CC=C(c6cccc(C(F)(F)F)c6)C5)cc4)(c4ccc(C5=CC=C(c6cccc(C(F)(F)F)c6)C5)cc4)c4ccc(-c5nnc(-c6cccc(C(F)(F)F)c6)o5)cc4)cc3)o2)c1.N.N.N.N.O.O. The van der Waals surface area contributed by atoms with Crippen LogP contribution in [0, 0.1) is 6.92 Å². The molecule has 2 aliphatic rings. The lowest BCUT2D eigenvalue weighted by Gasteiger charge is -2.37. The van der Waals surface area contributed by atoms with E-state index >= 15 is 0 Å². The summed E-state index contributed by atoms with van der Waals surface area (Å²) in [5, 5.41) is 17.1. The first kappa shape index (κ1) is 67.3. The maximum absolute atomic E-state index is 13.8. The van der Waals surface area contributed by atoms with Crippen LogP contribution in [-0.2, 0) is 23.9 Å². The molecule has 0 amide bonds. The van der Waals surface area contributed by atoms with Gasteiger partial charge < -0.3 is 44.4 Å². The highest BCUT2D eigenvalue weighted by molar-refractivity contribution is 5.88. The lowest BCUT2D eigenvalue weighted by Crippen LogP contribution is -2.31. The molecule has 0 unspecified atom stereocenters. The Balaban J connectivity index is 0.00000206. The Hall–Kier alpha value is -9.87. The van der Waals surface area contributed by atoms with Crippen LogP contribution in [-0.4, -0.2) is 31.3 Å². The fourth-order valence-electron chi connectivity index (χ4n) is 10.7. The third kappa shape index (κ3) is 13.2. The molecule has 2 aliphatic carbocycles. The number of nitrogens with zero attached hydrogens (tertiary/aromatic N) is 4. The lowest BCUT2D eigenvalue weighted by atomic mass is 9.64. The monoisotopic (exact) mass is 1210 g/mol. The molecule has 0 bridgehead atoms. The molecule has 88 heavy (non-hydrogen) atoms. The van der Waals surface area contributed by atoms with Crippen molar-refractivity contribution in [1.29, 1.82) is 0 Å². The smallest absolute Gasteiger partial charge is 0.416 e. The standard InChI is InChI=1S/C67H43F9N4O2.4H3N.2H2O/c1-40-6-2-9-51(34-40)62-79-77-60(81-62)43-22-30-55(31-23-43)64(53-26-18-41(19-27-53)47-14-16-49(35-47)45-7-3-11-57(37-45)65(68,69)70,54-28-20-42(21-29-54)48-15-17-50(36-48)46-8-4-12-58(38-46)66(71,72)73)56-32-24-44(25-33-56)61-78-80-63(82-61)52-10-5-13-59(39-52)67(74,75)76;;;;;;/h2-34,37-39H,35-36H2,1H3;4*1H3;2*1H2. The molecule has 12 nitrogen and oxygen atoms in total. The summed E-state index contributed by atoms with van der Waals surface area (Å²) in [7, 11) is 0. The summed E-state index contributed by atoms with van der Waals surface area (Å²) >= 11 is 0. The molecular formula is C67H59F9N8O4. The van der Waals surface area contributed by atoms with Crippen LogP contribution in [0.5, 0.6) is 0 Å². The second kappa shape index (κ2) is 26.4. The molecular weight excluding hydrogens is 1150 g/mol. The van der Waals surface area contributed by atoms with Gasteiger partial charge in [-0.05, 0) is 165 Å². The zero-order chi connectivity index (χ0) is 57.0. The minimum Gasteiger partial charge on any atom is -0.416 e. The van der Waals surface area contributed by atoms with Gasteiger partial charge in [-0.15, -0.1) is 20.4 Å². The van der Waals surface area contributed by atoms with E-state index in [0.29, 0.717) is 46.9 Å². The van der Waals surface area contributed by atoms with Gasteiger partial charge in [0.2, 0.25) is 23.6 Å². The van der Waals surface area contributed by atoms with E-state index in [1.807, 2.05) is 140 Å². The molecule has 12 rings (SSSR count). The Kier molecular flexibility index (Phi) is 20.2. The van der Waals surface area contributed by atoms with E-state index in [9.17, 15) is 39.5 Å². The fraction of sp³-hybridized carbons (Fsp3) is 0.104. The van der Waals surface area contributed by atoms with Gasteiger partial charge in [-0.2, -0.15) is 39.5 Å². The first-order valence-electron chi connectivity index (χ1n) is 25.9. The number of allylic oxidation sites excluding steroid dienone is 8. The van der Waals surface area contributed by atoms with Crippen molar-refractivity contribution in [3.05, 3.63) is 285 Å². The molecule has 0 fully saturated rings. The van der Waals surface area contributed by atoms with E-state index in [2.05, 4.69) is 20.4 Å². The zero-order valence-corrected chi connectivity index (χ0v) is 47.0. The Labute approximate surface area is 499 Å². The van der Waals surface area contributed by atoms with Crippen LogP contribution < -0.4 is 24.6 Å². The molecule has 2 heterocycles. The number of aryl methyl sites for hydroxylation is 1. The van der Waals surface area contributed by atoms with Crippen LogP contribution in [0.2, 0.25) is 0 Å². The van der Waals surface area contributed by atoms with Crippen molar-refractivity contribution < 1.29 is 59.3 Å². The molecule has 0 radical (unpaired) electrons. The third-order valence-corrected chi connectivity index (χ3v) is 14.9. The van der Waals surface area contributed by atoms with Crippen LogP contribution in [0.25, 0.3) is 68.1 Å². The predicted molar refractivity (Wildman–Crippen MR) is 323 cm³/mol. The lowest BCUT2D eigenvalue weighted by molar-refractivity contribution is -0.138. The minimum atomic E-state index is -4.59. The van der Waals surface area contributed by atoms with E-state index in [0.717, 1.165) is 103 Å². The molecule has 16 N–H and O–H groups in total. The van der Waals surface area contributed by atoms with Crippen molar-refractivity contribution in [3.63, 3.8) is 0 Å². The molecule has 0 aliphatic heterocycles. The first-order chi connectivity index (χ1) is 39.4. The number of hydrogen-bond donors (Lipinski definition) is 4. The van der Waals surface area contributed by atoms with Gasteiger partial charge in [-0.25, -0.2) is 0 Å². The molecule has 10 aromatic rings. The topological polar surface area (TPSA) is 281 Å². The van der Waals surface area contributed by atoms with E-state index in [1.54, 1.807) is 24.3 Å². The Morgan fingerprint density at radius 2 is 0.557 bits per heavy atom. The van der Waals surface area contributed by atoms with Crippen LogP contribution in [0.3, 0.4) is 0 Å². The van der Waals surface area contributed by atoms with E-state index in [-0.39, 0.29) is 52.9 Å². The van der Waals surface area contributed by atoms with Crippen molar-refractivity contribution in [1.82, 2.24) is 45.0 Å². The molecule has 454 valence electrons. The highest BCUT2D eigenvalue weighted by atomic mass is 19.4. The van der Waals surface area contributed by atoms with Gasteiger partial charge >= 0.3 is 18.5 Å². The summed E-state index contributed by atoms with van der Waals surface area (Å²) in [5.41, 5.74) is 8.69. The minimum absolute atomic E-state index is 0. The van der Waals surface area contributed by atoms with Gasteiger partial charge in [0.25, 0.3) is 0 Å². The van der Waals surface area contributed by atoms with Gasteiger partial charge in [-0.3, -0.25) is 0 Å². The summed E-state index contributed by atoms with van der Waals surface area (Å²) in [4.78, 5) is 0. The normalized spacial score (nSPS) is 13.0. The predicted octanol–water partition coefficient (Wildman–Crippen LogP) is 17.6. The quantitative estimate of drug-likeness (QED) is 0.0663. The van der Waals surface area contributed by atoms with Gasteiger partial charge in [0.1, 0.15) is 0 Å². The molecule has 8 aromatic carbocycles. The maximum Gasteiger partial charge on any atom is 0.416 e. The number of rotatable bonds is 12. The summed E-state index contributed by atoms with van der Waals surface area (Å²) in [6.45, 7) is 1.97. The number of aromatic nitrogens is 4. The molecule has 21 heteroatoms. The first-order valence-corrected chi connectivity index (χ1v) is 25.9.